The summed E-state index contributed by atoms with van der Waals surface area (Å²) in [5.74, 6) is 1.66. The lowest BCUT2D eigenvalue weighted by atomic mass is 10.1. The molecule has 0 amide bonds. The predicted octanol–water partition coefficient (Wildman–Crippen LogP) is 4.09. The van der Waals surface area contributed by atoms with Crippen LogP contribution in [0.4, 0.5) is 0 Å². The van der Waals surface area contributed by atoms with Gasteiger partial charge in [0.2, 0.25) is 0 Å². The second-order valence-electron chi connectivity index (χ2n) is 6.41. The summed E-state index contributed by atoms with van der Waals surface area (Å²) in [4.78, 5) is 11.9. The average molecular weight is 341 g/mol. The fourth-order valence-electron chi connectivity index (χ4n) is 3.63. The fraction of sp³-hybridized carbons (Fsp3) is 0.368. The van der Waals surface area contributed by atoms with Crippen molar-refractivity contribution in [2.24, 2.45) is 0 Å². The standard InChI is InChI=1S/C19H21ClN4/c1-2-24-18(22-17-4-3-10-21-19(17)24)15-9-11-23(13-15)12-14-5-7-16(20)8-6-14/h3-8,10,15H,2,9,11-13H2,1H3. The highest BCUT2D eigenvalue weighted by Gasteiger charge is 2.28. The van der Waals surface area contributed by atoms with Crippen LogP contribution >= 0.6 is 11.6 Å². The Hall–Kier alpha value is -1.91. The second kappa shape index (κ2) is 6.54. The molecule has 1 fully saturated rings. The number of hydrogen-bond acceptors (Lipinski definition) is 3. The lowest BCUT2D eigenvalue weighted by Gasteiger charge is -2.16. The Morgan fingerprint density at radius 1 is 1.21 bits per heavy atom. The lowest BCUT2D eigenvalue weighted by molar-refractivity contribution is 0.325. The van der Waals surface area contributed by atoms with E-state index in [4.69, 9.17) is 16.6 Å². The van der Waals surface area contributed by atoms with Crippen molar-refractivity contribution >= 4 is 22.8 Å². The van der Waals surface area contributed by atoms with E-state index in [2.05, 4.69) is 39.6 Å². The van der Waals surface area contributed by atoms with Gasteiger partial charge in [-0.2, -0.15) is 0 Å². The molecule has 1 saturated heterocycles. The summed E-state index contributed by atoms with van der Waals surface area (Å²) in [5.41, 5.74) is 3.32. The van der Waals surface area contributed by atoms with Crippen LogP contribution in [0.3, 0.4) is 0 Å². The number of fused-ring (bicyclic) bond motifs is 1. The third-order valence-electron chi connectivity index (χ3n) is 4.81. The molecule has 3 heterocycles. The summed E-state index contributed by atoms with van der Waals surface area (Å²) in [6.45, 7) is 6.20. The first-order chi connectivity index (χ1) is 11.7. The zero-order valence-electron chi connectivity index (χ0n) is 13.8. The van der Waals surface area contributed by atoms with Gasteiger partial charge in [-0.05, 0) is 49.7 Å². The minimum absolute atomic E-state index is 0.478. The molecule has 1 atom stereocenters. The number of halogens is 1. The zero-order chi connectivity index (χ0) is 16.5. The number of benzene rings is 1. The van der Waals surface area contributed by atoms with Crippen LogP contribution < -0.4 is 0 Å². The van der Waals surface area contributed by atoms with Crippen molar-refractivity contribution < 1.29 is 0 Å². The van der Waals surface area contributed by atoms with E-state index in [1.165, 1.54) is 11.4 Å². The van der Waals surface area contributed by atoms with Crippen LogP contribution in [0.1, 0.15) is 30.7 Å². The molecule has 24 heavy (non-hydrogen) atoms. The zero-order valence-corrected chi connectivity index (χ0v) is 14.6. The molecule has 1 aromatic carbocycles. The summed E-state index contributed by atoms with van der Waals surface area (Å²) in [6.07, 6.45) is 3.00. The van der Waals surface area contributed by atoms with Crippen molar-refractivity contribution in [3.05, 3.63) is 59.0 Å². The van der Waals surface area contributed by atoms with Crippen LogP contribution in [0.5, 0.6) is 0 Å². The van der Waals surface area contributed by atoms with Gasteiger partial charge >= 0.3 is 0 Å². The van der Waals surface area contributed by atoms with Crippen molar-refractivity contribution in [1.82, 2.24) is 19.4 Å². The topological polar surface area (TPSA) is 34.0 Å². The summed E-state index contributed by atoms with van der Waals surface area (Å²) in [6, 6.07) is 12.2. The molecule has 0 N–H and O–H groups in total. The molecule has 1 aliphatic rings. The Morgan fingerprint density at radius 3 is 2.83 bits per heavy atom. The number of pyridine rings is 1. The molecular formula is C19H21ClN4. The minimum Gasteiger partial charge on any atom is -0.313 e. The highest BCUT2D eigenvalue weighted by molar-refractivity contribution is 6.30. The monoisotopic (exact) mass is 340 g/mol. The van der Waals surface area contributed by atoms with E-state index in [9.17, 15) is 0 Å². The van der Waals surface area contributed by atoms with Crippen molar-refractivity contribution in [3.63, 3.8) is 0 Å². The van der Waals surface area contributed by atoms with Crippen LogP contribution in [0.15, 0.2) is 42.6 Å². The molecular weight excluding hydrogens is 320 g/mol. The highest BCUT2D eigenvalue weighted by atomic mass is 35.5. The third kappa shape index (κ3) is 2.92. The molecule has 0 saturated carbocycles. The van der Waals surface area contributed by atoms with Gasteiger partial charge in [-0.1, -0.05) is 23.7 Å². The van der Waals surface area contributed by atoms with E-state index in [-0.39, 0.29) is 0 Å². The first-order valence-corrected chi connectivity index (χ1v) is 8.90. The Balaban J connectivity index is 1.53. The number of aryl methyl sites for hydroxylation is 1. The molecule has 5 heteroatoms. The second-order valence-corrected chi connectivity index (χ2v) is 6.84. The number of aromatic nitrogens is 3. The van der Waals surface area contributed by atoms with Gasteiger partial charge in [0.05, 0.1) is 0 Å². The van der Waals surface area contributed by atoms with Gasteiger partial charge < -0.3 is 4.57 Å². The van der Waals surface area contributed by atoms with Gasteiger partial charge in [0.1, 0.15) is 11.3 Å². The quantitative estimate of drug-likeness (QED) is 0.717. The van der Waals surface area contributed by atoms with Crippen LogP contribution in [0, 0.1) is 0 Å². The van der Waals surface area contributed by atoms with Crippen LogP contribution in [0.25, 0.3) is 11.2 Å². The van der Waals surface area contributed by atoms with Crippen molar-refractivity contribution in [2.75, 3.05) is 13.1 Å². The average Bonchev–Trinajstić information content (AvgIpc) is 3.20. The van der Waals surface area contributed by atoms with Gasteiger partial charge in [0, 0.05) is 36.8 Å². The number of rotatable bonds is 4. The normalized spacial score (nSPS) is 18.5. The molecule has 1 aliphatic heterocycles. The number of imidazole rings is 1. The van der Waals surface area contributed by atoms with E-state index in [1.807, 2.05) is 24.4 Å². The summed E-state index contributed by atoms with van der Waals surface area (Å²) in [7, 11) is 0. The Bertz CT molecular complexity index is 840. The van der Waals surface area contributed by atoms with E-state index >= 15 is 0 Å². The number of likely N-dealkylation sites (tertiary alicyclic amines) is 1. The molecule has 4 nitrogen and oxygen atoms in total. The molecule has 2 aromatic heterocycles. The Morgan fingerprint density at radius 2 is 2.04 bits per heavy atom. The molecule has 0 aliphatic carbocycles. The first kappa shape index (κ1) is 15.6. The minimum atomic E-state index is 0.478. The summed E-state index contributed by atoms with van der Waals surface area (Å²) in [5, 5.41) is 0.794. The van der Waals surface area contributed by atoms with Gasteiger partial charge in [-0.15, -0.1) is 0 Å². The molecule has 1 unspecified atom stereocenters. The van der Waals surface area contributed by atoms with Crippen molar-refractivity contribution in [1.29, 1.82) is 0 Å². The number of nitrogens with zero attached hydrogens (tertiary/aromatic N) is 4. The maximum Gasteiger partial charge on any atom is 0.159 e. The van der Waals surface area contributed by atoms with E-state index in [0.29, 0.717) is 5.92 Å². The van der Waals surface area contributed by atoms with E-state index in [0.717, 1.165) is 48.8 Å². The smallest absolute Gasteiger partial charge is 0.159 e. The van der Waals surface area contributed by atoms with Crippen molar-refractivity contribution in [2.45, 2.75) is 32.4 Å². The van der Waals surface area contributed by atoms with Gasteiger partial charge in [-0.3, -0.25) is 4.90 Å². The van der Waals surface area contributed by atoms with Crippen LogP contribution in [-0.4, -0.2) is 32.5 Å². The summed E-state index contributed by atoms with van der Waals surface area (Å²) < 4.78 is 2.27. The molecule has 0 bridgehead atoms. The van der Waals surface area contributed by atoms with Gasteiger partial charge in [0.15, 0.2) is 5.65 Å². The molecule has 3 aromatic rings. The summed E-state index contributed by atoms with van der Waals surface area (Å²) >= 11 is 5.97. The van der Waals surface area contributed by atoms with Crippen LogP contribution in [-0.2, 0) is 13.1 Å². The third-order valence-corrected chi connectivity index (χ3v) is 5.06. The SMILES string of the molecule is CCn1c(C2CCN(Cc3ccc(Cl)cc3)C2)nc2cccnc21. The largest absolute Gasteiger partial charge is 0.313 e. The molecule has 0 radical (unpaired) electrons. The van der Waals surface area contributed by atoms with Crippen molar-refractivity contribution in [3.8, 4) is 0 Å². The van der Waals surface area contributed by atoms with E-state index in [1.54, 1.807) is 0 Å². The molecule has 0 spiro atoms. The van der Waals surface area contributed by atoms with Crippen LogP contribution in [0.2, 0.25) is 5.02 Å². The lowest BCUT2D eigenvalue weighted by Crippen LogP contribution is -2.20. The maximum atomic E-state index is 5.97. The fourth-order valence-corrected chi connectivity index (χ4v) is 3.76. The molecule has 124 valence electrons. The predicted molar refractivity (Wildman–Crippen MR) is 97.3 cm³/mol. The Kier molecular flexibility index (Phi) is 4.25. The highest BCUT2D eigenvalue weighted by Crippen LogP contribution is 2.29. The van der Waals surface area contributed by atoms with E-state index < -0.39 is 0 Å². The van der Waals surface area contributed by atoms with Gasteiger partial charge in [-0.25, -0.2) is 9.97 Å². The number of hydrogen-bond donors (Lipinski definition) is 0. The van der Waals surface area contributed by atoms with Gasteiger partial charge in [0.25, 0.3) is 0 Å². The Labute approximate surface area is 147 Å². The first-order valence-electron chi connectivity index (χ1n) is 8.52. The maximum absolute atomic E-state index is 5.97. The molecule has 4 rings (SSSR count).